The molecule has 0 bridgehead atoms. The highest BCUT2D eigenvalue weighted by Crippen LogP contribution is 2.57. The normalized spacial score (nSPS) is 13.4. The largest absolute Gasteiger partial charge is 0.494 e. The van der Waals surface area contributed by atoms with E-state index in [4.69, 9.17) is 18.6 Å². The van der Waals surface area contributed by atoms with Crippen molar-refractivity contribution < 1.29 is 35.4 Å². The van der Waals surface area contributed by atoms with Crippen molar-refractivity contribution in [2.45, 2.75) is 31.1 Å². The number of benzene rings is 5. The zero-order valence-electron chi connectivity index (χ0n) is 26.9. The van der Waals surface area contributed by atoms with Gasteiger partial charge in [-0.2, -0.15) is 16.8 Å². The van der Waals surface area contributed by atoms with E-state index in [2.05, 4.69) is 78.9 Å². The number of hydrogen-bond donors (Lipinski definition) is 2. The van der Waals surface area contributed by atoms with E-state index in [0.717, 1.165) is 44.5 Å². The van der Waals surface area contributed by atoms with Crippen molar-refractivity contribution in [1.82, 2.24) is 0 Å². The molecular weight excluding hydrogens is 661 g/mol. The average Bonchev–Trinajstić information content (AvgIpc) is 3.38. The van der Waals surface area contributed by atoms with Crippen LogP contribution >= 0.6 is 0 Å². The van der Waals surface area contributed by atoms with Gasteiger partial charge in [-0.15, -0.1) is 0 Å². The van der Waals surface area contributed by atoms with Crippen LogP contribution < -0.4 is 9.47 Å². The summed E-state index contributed by atoms with van der Waals surface area (Å²) >= 11 is 0. The van der Waals surface area contributed by atoms with Gasteiger partial charge < -0.3 is 9.47 Å². The Morgan fingerprint density at radius 3 is 1.51 bits per heavy atom. The van der Waals surface area contributed by atoms with Crippen molar-refractivity contribution in [3.8, 4) is 33.8 Å². The van der Waals surface area contributed by atoms with Gasteiger partial charge in [0.1, 0.15) is 11.5 Å². The molecule has 0 saturated carbocycles. The summed E-state index contributed by atoms with van der Waals surface area (Å²) in [5.41, 5.74) is 8.21. The van der Waals surface area contributed by atoms with Gasteiger partial charge in [-0.25, -0.2) is 0 Å². The van der Waals surface area contributed by atoms with Crippen LogP contribution in [0.15, 0.2) is 121 Å². The van der Waals surface area contributed by atoms with E-state index in [1.54, 1.807) is 0 Å². The molecule has 254 valence electrons. The molecule has 0 atom stereocenters. The Balaban J connectivity index is 1.38. The Hall–Kier alpha value is -4.48. The van der Waals surface area contributed by atoms with Crippen molar-refractivity contribution in [3.63, 3.8) is 0 Å². The van der Waals surface area contributed by atoms with Crippen LogP contribution in [0.4, 0.5) is 0 Å². The van der Waals surface area contributed by atoms with Gasteiger partial charge in [0.2, 0.25) is 0 Å². The highest BCUT2D eigenvalue weighted by molar-refractivity contribution is 7.86. The highest BCUT2D eigenvalue weighted by Gasteiger charge is 2.46. The highest BCUT2D eigenvalue weighted by atomic mass is 32.2. The summed E-state index contributed by atoms with van der Waals surface area (Å²) in [7, 11) is -7.99. The molecule has 2 N–H and O–H groups in total. The average molecular weight is 699 g/mol. The fourth-order valence-corrected chi connectivity index (χ4v) is 7.77. The zero-order valence-corrected chi connectivity index (χ0v) is 28.5. The molecule has 5 aromatic rings. The maximum atomic E-state index is 11.1. The lowest BCUT2D eigenvalue weighted by molar-refractivity contribution is 0.309. The minimum atomic E-state index is -3.99. The lowest BCUT2D eigenvalue weighted by Gasteiger charge is -2.34. The molecule has 10 heteroatoms. The van der Waals surface area contributed by atoms with E-state index in [9.17, 15) is 16.8 Å². The standard InChI is InChI=1S/C39H38O8S2/c40-48(41,42)26-8-6-24-46-33-19-15-31(16-20-33)39(32-17-21-34(22-18-32)47-25-7-9-27-49(43,44)45)37-13-5-4-12-35(37)36-23-14-30(28-38(36)39)29-10-2-1-3-11-29/h1-5,10-23,28H,6-9,24-27H2,(H,40,41,42)(H,43,44,45). The molecule has 5 aromatic carbocycles. The molecule has 0 aromatic heterocycles. The Morgan fingerprint density at radius 2 is 0.980 bits per heavy atom. The van der Waals surface area contributed by atoms with Crippen LogP contribution in [0.1, 0.15) is 47.9 Å². The predicted octanol–water partition coefficient (Wildman–Crippen LogP) is 7.81. The molecule has 8 nitrogen and oxygen atoms in total. The number of fused-ring (bicyclic) bond motifs is 3. The monoisotopic (exact) mass is 698 g/mol. The van der Waals surface area contributed by atoms with Crippen LogP contribution in [0.3, 0.4) is 0 Å². The fraction of sp³-hybridized carbons (Fsp3) is 0.231. The molecule has 0 spiro atoms. The quantitative estimate of drug-likeness (QED) is 0.0822. The lowest BCUT2D eigenvalue weighted by atomic mass is 9.67. The van der Waals surface area contributed by atoms with Crippen molar-refractivity contribution in [2.75, 3.05) is 24.7 Å². The smallest absolute Gasteiger partial charge is 0.264 e. The van der Waals surface area contributed by atoms with Gasteiger partial charge >= 0.3 is 0 Å². The zero-order chi connectivity index (χ0) is 34.5. The van der Waals surface area contributed by atoms with Crippen molar-refractivity contribution in [1.29, 1.82) is 0 Å². The first kappa shape index (κ1) is 34.4. The minimum Gasteiger partial charge on any atom is -0.494 e. The van der Waals surface area contributed by atoms with E-state index < -0.39 is 25.7 Å². The number of ether oxygens (including phenoxy) is 2. The molecule has 0 heterocycles. The Bertz CT molecular complexity index is 2030. The molecule has 0 amide bonds. The molecule has 0 fully saturated rings. The van der Waals surface area contributed by atoms with Gasteiger partial charge in [-0.05, 0) is 101 Å². The van der Waals surface area contributed by atoms with Crippen molar-refractivity contribution >= 4 is 20.2 Å². The first-order chi connectivity index (χ1) is 23.5. The maximum absolute atomic E-state index is 11.1. The lowest BCUT2D eigenvalue weighted by Crippen LogP contribution is -2.28. The van der Waals surface area contributed by atoms with Crippen molar-refractivity contribution in [2.24, 2.45) is 0 Å². The van der Waals surface area contributed by atoms with Gasteiger partial charge in [-0.3, -0.25) is 9.11 Å². The van der Waals surface area contributed by atoms with Crippen LogP contribution in [0.2, 0.25) is 0 Å². The Morgan fingerprint density at radius 1 is 0.490 bits per heavy atom. The number of unbranched alkanes of at least 4 members (excludes halogenated alkanes) is 2. The molecule has 49 heavy (non-hydrogen) atoms. The summed E-state index contributed by atoms with van der Waals surface area (Å²) in [4.78, 5) is 0. The third-order valence-electron chi connectivity index (χ3n) is 8.86. The van der Waals surface area contributed by atoms with E-state index >= 15 is 0 Å². The molecule has 6 rings (SSSR count). The van der Waals surface area contributed by atoms with E-state index in [0.29, 0.717) is 50.4 Å². The first-order valence-corrected chi connectivity index (χ1v) is 19.4. The van der Waals surface area contributed by atoms with Crippen molar-refractivity contribution in [3.05, 3.63) is 144 Å². The molecule has 0 unspecified atom stereocenters. The van der Waals surface area contributed by atoms with Gasteiger partial charge in [-0.1, -0.05) is 91.0 Å². The summed E-state index contributed by atoms with van der Waals surface area (Å²) in [5, 5.41) is 0. The summed E-state index contributed by atoms with van der Waals surface area (Å²) in [6, 6.07) is 41.4. The second kappa shape index (κ2) is 14.6. The molecule has 0 saturated heterocycles. The van der Waals surface area contributed by atoms with Gasteiger partial charge in [0, 0.05) is 0 Å². The molecule has 1 aliphatic rings. The fourth-order valence-electron chi connectivity index (χ4n) is 6.63. The Labute approximate surface area is 287 Å². The SMILES string of the molecule is O=S(=O)(O)CCCCOc1ccc(C2(c3ccc(OCCCCS(=O)(=O)O)cc3)c3ccccc3-c3ccc(-c4ccccc4)cc32)cc1. The summed E-state index contributed by atoms with van der Waals surface area (Å²) < 4.78 is 74.1. The van der Waals surface area contributed by atoms with Gasteiger partial charge in [0.05, 0.1) is 30.1 Å². The Kier molecular flexibility index (Phi) is 10.2. The van der Waals surface area contributed by atoms with Crippen LogP contribution in [0.5, 0.6) is 11.5 Å². The second-order valence-corrected chi connectivity index (χ2v) is 15.3. The van der Waals surface area contributed by atoms with Crippen LogP contribution in [0, 0.1) is 0 Å². The number of rotatable bonds is 15. The summed E-state index contributed by atoms with van der Waals surface area (Å²) in [5.74, 6) is 0.736. The maximum Gasteiger partial charge on any atom is 0.264 e. The third-order valence-corrected chi connectivity index (χ3v) is 10.5. The molecule has 0 aliphatic heterocycles. The van der Waals surface area contributed by atoms with Crippen LogP contribution in [-0.2, 0) is 25.7 Å². The second-order valence-electron chi connectivity index (χ2n) is 12.2. The molecular formula is C39H38O8S2. The van der Waals surface area contributed by atoms with E-state index in [1.165, 1.54) is 0 Å². The summed E-state index contributed by atoms with van der Waals surface area (Å²) in [6.45, 7) is 0.646. The van der Waals surface area contributed by atoms with Gasteiger partial charge in [0.15, 0.2) is 0 Å². The first-order valence-electron chi connectivity index (χ1n) is 16.2. The predicted molar refractivity (Wildman–Crippen MR) is 191 cm³/mol. The summed E-state index contributed by atoms with van der Waals surface area (Å²) in [6.07, 6.45) is 1.59. The van der Waals surface area contributed by atoms with Crippen LogP contribution in [-0.4, -0.2) is 50.7 Å². The topological polar surface area (TPSA) is 127 Å². The van der Waals surface area contributed by atoms with Crippen LogP contribution in [0.25, 0.3) is 22.3 Å². The number of hydrogen-bond acceptors (Lipinski definition) is 6. The van der Waals surface area contributed by atoms with E-state index in [1.807, 2.05) is 42.5 Å². The van der Waals surface area contributed by atoms with Gasteiger partial charge in [0.25, 0.3) is 20.2 Å². The third kappa shape index (κ3) is 7.89. The molecule has 1 aliphatic carbocycles. The van der Waals surface area contributed by atoms with E-state index in [-0.39, 0.29) is 11.5 Å². The molecule has 0 radical (unpaired) electrons. The minimum absolute atomic E-state index is 0.292.